The van der Waals surface area contributed by atoms with E-state index >= 15 is 4.79 Å². The zero-order valence-electron chi connectivity index (χ0n) is 27.1. The molecular formula is C37H48N2O6. The van der Waals surface area contributed by atoms with Gasteiger partial charge in [-0.2, -0.15) is 0 Å². The smallest absolute Gasteiger partial charge is 0.312 e. The van der Waals surface area contributed by atoms with Gasteiger partial charge in [0.15, 0.2) is 0 Å². The number of nitrogens with zero attached hydrogens (tertiary/aromatic N) is 2. The van der Waals surface area contributed by atoms with Gasteiger partial charge in [-0.15, -0.1) is 13.2 Å². The van der Waals surface area contributed by atoms with Gasteiger partial charge >= 0.3 is 5.97 Å². The molecule has 5 rings (SSSR count). The maximum atomic E-state index is 15.0. The third-order valence-corrected chi connectivity index (χ3v) is 10.8. The fourth-order valence-corrected chi connectivity index (χ4v) is 8.08. The number of carbonyl (C=O) groups is 3. The van der Waals surface area contributed by atoms with Crippen LogP contribution in [-0.2, 0) is 23.9 Å². The lowest BCUT2D eigenvalue weighted by molar-refractivity contribution is -0.163. The molecule has 1 N–H and O–H groups in total. The van der Waals surface area contributed by atoms with Crippen LogP contribution < -0.4 is 4.90 Å². The number of ether oxygens (including phenoxy) is 2. The molecule has 0 radical (unpaired) electrons. The second kappa shape index (κ2) is 13.1. The first-order chi connectivity index (χ1) is 21.6. The highest BCUT2D eigenvalue weighted by atomic mass is 16.6. The highest BCUT2D eigenvalue weighted by Crippen LogP contribution is 2.66. The number of anilines is 1. The maximum Gasteiger partial charge on any atom is 0.312 e. The number of aliphatic hydroxyl groups is 1. The van der Waals surface area contributed by atoms with Gasteiger partial charge < -0.3 is 24.4 Å². The number of likely N-dealkylation sites (tertiary alicyclic amines) is 1. The first-order valence-corrected chi connectivity index (χ1v) is 16.4. The summed E-state index contributed by atoms with van der Waals surface area (Å²) in [6.45, 7) is 15.7. The Bertz CT molecular complexity index is 1460. The molecule has 3 fully saturated rings. The summed E-state index contributed by atoms with van der Waals surface area (Å²) in [6.07, 6.45) is 7.02. The van der Waals surface area contributed by atoms with Crippen LogP contribution in [0.5, 0.6) is 0 Å². The third kappa shape index (κ3) is 5.40. The van der Waals surface area contributed by atoms with E-state index in [1.165, 1.54) is 0 Å². The van der Waals surface area contributed by atoms with E-state index < -0.39 is 41.1 Å². The third-order valence-electron chi connectivity index (χ3n) is 10.8. The van der Waals surface area contributed by atoms with E-state index in [0.717, 1.165) is 23.6 Å². The zero-order valence-corrected chi connectivity index (χ0v) is 27.1. The van der Waals surface area contributed by atoms with Crippen molar-refractivity contribution in [2.75, 3.05) is 24.7 Å². The van der Waals surface area contributed by atoms with Crippen LogP contribution in [0.4, 0.5) is 5.69 Å². The van der Waals surface area contributed by atoms with Crippen LogP contribution in [0, 0.1) is 23.7 Å². The van der Waals surface area contributed by atoms with Gasteiger partial charge in [-0.25, -0.2) is 0 Å². The average molecular weight is 617 g/mol. The van der Waals surface area contributed by atoms with Crippen LogP contribution in [0.1, 0.15) is 59.8 Å². The molecule has 45 heavy (non-hydrogen) atoms. The molecule has 3 heterocycles. The first-order valence-electron chi connectivity index (χ1n) is 16.4. The van der Waals surface area contributed by atoms with Crippen molar-refractivity contribution in [3.05, 3.63) is 67.8 Å². The summed E-state index contributed by atoms with van der Waals surface area (Å²) in [6, 6.07) is 12.1. The van der Waals surface area contributed by atoms with Crippen molar-refractivity contribution in [3.63, 3.8) is 0 Å². The number of fused-ring (bicyclic) bond motifs is 2. The summed E-state index contributed by atoms with van der Waals surface area (Å²) in [7, 11) is 0. The Morgan fingerprint density at radius 1 is 1.18 bits per heavy atom. The minimum atomic E-state index is -1.24. The van der Waals surface area contributed by atoms with Gasteiger partial charge in [0, 0.05) is 12.2 Å². The number of benzene rings is 2. The molecule has 3 saturated heterocycles. The van der Waals surface area contributed by atoms with Crippen LogP contribution in [0.25, 0.3) is 10.8 Å². The minimum absolute atomic E-state index is 0.0986. The zero-order chi connectivity index (χ0) is 32.5. The fraction of sp³-hybridized carbons (Fsp3) is 0.541. The van der Waals surface area contributed by atoms with Crippen LogP contribution in [0.3, 0.4) is 0 Å². The molecule has 0 aromatic heterocycles. The maximum absolute atomic E-state index is 15.0. The van der Waals surface area contributed by atoms with Gasteiger partial charge in [0.2, 0.25) is 5.91 Å². The lowest BCUT2D eigenvalue weighted by Gasteiger charge is -2.41. The van der Waals surface area contributed by atoms with Crippen molar-refractivity contribution >= 4 is 34.2 Å². The Balaban J connectivity index is 1.59. The molecular weight excluding hydrogens is 568 g/mol. The minimum Gasteiger partial charge on any atom is -0.465 e. The number of allylic oxidation sites excluding steroid dienone is 1. The summed E-state index contributed by atoms with van der Waals surface area (Å²) in [5.74, 6) is -3.06. The van der Waals surface area contributed by atoms with Gasteiger partial charge in [-0.1, -0.05) is 69.7 Å². The van der Waals surface area contributed by atoms with Gasteiger partial charge in [0.25, 0.3) is 5.91 Å². The number of hydrogen-bond donors (Lipinski definition) is 1. The quantitative estimate of drug-likeness (QED) is 0.167. The second-order valence-corrected chi connectivity index (χ2v) is 13.3. The largest absolute Gasteiger partial charge is 0.465 e. The van der Waals surface area contributed by atoms with Crippen LogP contribution >= 0.6 is 0 Å². The SMILES string of the molecule is C=CCCCCOC(=O)[C@@H]1[C@H]2C(=O)N([C@@H](CO)[C@@H](C)CC)C(C(=O)N(CC=C)c3ccc4ccccc4c3)C23CC(C)[C@@]1(C)O3. The predicted molar refractivity (Wildman–Crippen MR) is 175 cm³/mol. The number of amides is 2. The Morgan fingerprint density at radius 2 is 1.91 bits per heavy atom. The molecule has 0 aliphatic carbocycles. The molecule has 242 valence electrons. The number of carbonyl (C=O) groups excluding carboxylic acids is 3. The molecule has 3 aliphatic heterocycles. The Kier molecular flexibility index (Phi) is 9.57. The van der Waals surface area contributed by atoms with Gasteiger partial charge in [-0.3, -0.25) is 14.4 Å². The Hall–Kier alpha value is -3.49. The molecule has 8 atom stereocenters. The number of hydrogen-bond acceptors (Lipinski definition) is 6. The number of unbranched alkanes of at least 4 members (excludes halogenated alkanes) is 2. The first kappa shape index (κ1) is 32.9. The lowest BCUT2D eigenvalue weighted by Crippen LogP contribution is -2.60. The van der Waals surface area contributed by atoms with Crippen molar-refractivity contribution in [2.45, 2.75) is 83.1 Å². The summed E-state index contributed by atoms with van der Waals surface area (Å²) in [5.41, 5.74) is -1.54. The van der Waals surface area contributed by atoms with E-state index in [1.54, 1.807) is 15.9 Å². The van der Waals surface area contributed by atoms with Crippen molar-refractivity contribution in [1.29, 1.82) is 0 Å². The molecule has 2 amide bonds. The fourth-order valence-electron chi connectivity index (χ4n) is 8.08. The van der Waals surface area contributed by atoms with E-state index in [1.807, 2.05) is 76.2 Å². The average Bonchev–Trinajstić information content (AvgIpc) is 3.55. The molecule has 1 spiro atoms. The van der Waals surface area contributed by atoms with Crippen molar-refractivity contribution in [1.82, 2.24) is 4.90 Å². The van der Waals surface area contributed by atoms with E-state index in [9.17, 15) is 14.7 Å². The molecule has 2 aromatic carbocycles. The number of rotatable bonds is 14. The van der Waals surface area contributed by atoms with Gasteiger partial charge in [0.1, 0.15) is 17.6 Å². The van der Waals surface area contributed by atoms with E-state index in [2.05, 4.69) is 13.2 Å². The highest BCUT2D eigenvalue weighted by Gasteiger charge is 2.81. The van der Waals surface area contributed by atoms with Crippen LogP contribution in [0.2, 0.25) is 0 Å². The van der Waals surface area contributed by atoms with Gasteiger partial charge in [0.05, 0.1) is 30.8 Å². The molecule has 2 bridgehead atoms. The Labute approximate surface area is 267 Å². The summed E-state index contributed by atoms with van der Waals surface area (Å²) in [4.78, 5) is 46.8. The molecule has 2 aromatic rings. The van der Waals surface area contributed by atoms with Gasteiger partial charge in [-0.05, 0) is 67.3 Å². The normalized spacial score (nSPS) is 29.8. The summed E-state index contributed by atoms with van der Waals surface area (Å²) >= 11 is 0. The lowest BCUT2D eigenvalue weighted by atomic mass is 9.62. The molecule has 8 heteroatoms. The number of aliphatic hydroxyl groups excluding tert-OH is 1. The van der Waals surface area contributed by atoms with Crippen LogP contribution in [-0.4, -0.2) is 70.8 Å². The van der Waals surface area contributed by atoms with E-state index in [4.69, 9.17) is 9.47 Å². The molecule has 8 nitrogen and oxygen atoms in total. The van der Waals surface area contributed by atoms with Crippen LogP contribution in [0.15, 0.2) is 67.8 Å². The summed E-state index contributed by atoms with van der Waals surface area (Å²) < 4.78 is 12.7. The van der Waals surface area contributed by atoms with Crippen molar-refractivity contribution < 1.29 is 29.0 Å². The van der Waals surface area contributed by atoms with Crippen molar-refractivity contribution in [3.8, 4) is 0 Å². The number of esters is 1. The molecule has 0 saturated carbocycles. The van der Waals surface area contributed by atoms with E-state index in [-0.39, 0.29) is 43.4 Å². The standard InChI is InChI=1S/C37H48N2O6/c1-7-10-11-14-20-44-35(43)31-30-33(41)39(29(23-40)24(4)9-3)32(37(30)22-25(5)36(31,6)45-37)34(42)38(19-8-2)28-18-17-26-15-12-13-16-27(26)21-28/h7-8,12-13,15-18,21,24-25,29-32,40H,1-2,9-11,14,19-20,22-23H2,3-6H3/t24-,25?,29-,30-,31-,32?,36+,37?/m0/s1. The Morgan fingerprint density at radius 3 is 2.58 bits per heavy atom. The van der Waals surface area contributed by atoms with Crippen molar-refractivity contribution in [2.24, 2.45) is 23.7 Å². The topological polar surface area (TPSA) is 96.4 Å². The summed E-state index contributed by atoms with van der Waals surface area (Å²) in [5, 5.41) is 12.7. The van der Waals surface area contributed by atoms with E-state index in [0.29, 0.717) is 24.9 Å². The second-order valence-electron chi connectivity index (χ2n) is 13.3. The monoisotopic (exact) mass is 616 g/mol. The highest BCUT2D eigenvalue weighted by molar-refractivity contribution is 6.06. The molecule has 3 unspecified atom stereocenters. The molecule has 3 aliphatic rings. The predicted octanol–water partition coefficient (Wildman–Crippen LogP) is 5.68.